The van der Waals surface area contributed by atoms with E-state index in [1.54, 1.807) is 17.1 Å². The van der Waals surface area contributed by atoms with Crippen molar-refractivity contribution in [3.05, 3.63) is 24.7 Å². The predicted octanol–water partition coefficient (Wildman–Crippen LogP) is 4.57. The molecule has 2 N–H and O–H groups in total. The molecule has 1 spiro atoms. The first kappa shape index (κ1) is 21.7. The van der Waals surface area contributed by atoms with Gasteiger partial charge in [0.05, 0.1) is 35.8 Å². The normalized spacial score (nSPS) is 21.4. The SMILES string of the molecule is Cn1ncc2cnc(-c3[nH]ncc3NC(=O)N3CC(F)(F)CCC34CC4)cc21.FC1(F)CC1. The molecule has 3 aliphatic rings. The van der Waals surface area contributed by atoms with Crippen LogP contribution in [0.2, 0.25) is 0 Å². The highest BCUT2D eigenvalue weighted by Gasteiger charge is 2.57. The molecule has 12 heteroatoms. The quantitative estimate of drug-likeness (QED) is 0.543. The monoisotopic (exact) mass is 465 g/mol. The number of hydrogen-bond acceptors (Lipinski definition) is 4. The largest absolute Gasteiger partial charge is 0.322 e. The van der Waals surface area contributed by atoms with Crippen molar-refractivity contribution in [3.8, 4) is 11.4 Å². The number of aromatic amines is 1. The Balaban J connectivity index is 0.000000406. The van der Waals surface area contributed by atoms with Crippen LogP contribution in [0, 0.1) is 0 Å². The van der Waals surface area contributed by atoms with Gasteiger partial charge in [0.1, 0.15) is 5.69 Å². The van der Waals surface area contributed by atoms with Crippen molar-refractivity contribution in [2.75, 3.05) is 11.9 Å². The van der Waals surface area contributed by atoms with Gasteiger partial charge in [0.2, 0.25) is 5.92 Å². The van der Waals surface area contributed by atoms with Gasteiger partial charge in [-0.15, -0.1) is 0 Å². The van der Waals surface area contributed by atoms with E-state index in [2.05, 4.69) is 25.6 Å². The lowest BCUT2D eigenvalue weighted by atomic mass is 9.97. The number of hydrogen-bond donors (Lipinski definition) is 2. The summed E-state index contributed by atoms with van der Waals surface area (Å²) < 4.78 is 51.8. The maximum atomic E-state index is 13.9. The first-order valence-corrected chi connectivity index (χ1v) is 10.7. The number of aromatic nitrogens is 5. The van der Waals surface area contributed by atoms with E-state index in [-0.39, 0.29) is 19.3 Å². The summed E-state index contributed by atoms with van der Waals surface area (Å²) in [5, 5.41) is 14.7. The third-order valence-electron chi connectivity index (χ3n) is 6.39. The molecule has 0 radical (unpaired) electrons. The van der Waals surface area contributed by atoms with E-state index in [4.69, 9.17) is 0 Å². The number of carbonyl (C=O) groups excluding carboxylic acids is 1. The van der Waals surface area contributed by atoms with Gasteiger partial charge >= 0.3 is 6.03 Å². The fourth-order valence-electron chi connectivity index (χ4n) is 4.02. The first-order chi connectivity index (χ1) is 15.6. The second-order valence-electron chi connectivity index (χ2n) is 9.01. The molecular formula is C21H23F4N7O. The lowest BCUT2D eigenvalue weighted by Crippen LogP contribution is -2.54. The van der Waals surface area contributed by atoms with Gasteiger partial charge in [-0.25, -0.2) is 22.4 Å². The van der Waals surface area contributed by atoms with Gasteiger partial charge in [-0.2, -0.15) is 10.2 Å². The van der Waals surface area contributed by atoms with Crippen molar-refractivity contribution >= 4 is 22.6 Å². The molecule has 3 fully saturated rings. The first-order valence-electron chi connectivity index (χ1n) is 10.7. The Hall–Kier alpha value is -3.18. The number of carbonyl (C=O) groups is 1. The summed E-state index contributed by atoms with van der Waals surface area (Å²) in [5.41, 5.74) is 1.97. The van der Waals surface area contributed by atoms with Crippen molar-refractivity contribution in [2.24, 2.45) is 7.05 Å². The molecule has 0 aromatic carbocycles. The van der Waals surface area contributed by atoms with Gasteiger partial charge in [-0.3, -0.25) is 14.8 Å². The maximum Gasteiger partial charge on any atom is 0.322 e. The van der Waals surface area contributed by atoms with Crippen LogP contribution in [0.4, 0.5) is 28.0 Å². The average molecular weight is 465 g/mol. The Morgan fingerprint density at radius 2 is 1.73 bits per heavy atom. The van der Waals surface area contributed by atoms with Crippen molar-refractivity contribution < 1.29 is 22.4 Å². The van der Waals surface area contributed by atoms with Gasteiger partial charge in [0.25, 0.3) is 5.92 Å². The molecule has 2 saturated carbocycles. The number of alkyl halides is 4. The lowest BCUT2D eigenvalue weighted by molar-refractivity contribution is -0.0721. The number of anilines is 1. The Morgan fingerprint density at radius 3 is 2.39 bits per heavy atom. The number of rotatable bonds is 2. The molecule has 33 heavy (non-hydrogen) atoms. The number of nitrogens with one attached hydrogen (secondary N) is 2. The molecule has 3 aromatic heterocycles. The Morgan fingerprint density at radius 1 is 1.03 bits per heavy atom. The van der Waals surface area contributed by atoms with Gasteiger partial charge < -0.3 is 10.2 Å². The number of likely N-dealkylation sites (tertiary alicyclic amines) is 1. The summed E-state index contributed by atoms with van der Waals surface area (Å²) in [4.78, 5) is 18.5. The third kappa shape index (κ3) is 4.38. The lowest BCUT2D eigenvalue weighted by Gasteiger charge is -2.40. The van der Waals surface area contributed by atoms with Crippen LogP contribution in [-0.2, 0) is 7.05 Å². The second kappa shape index (κ2) is 7.42. The van der Waals surface area contributed by atoms with E-state index in [9.17, 15) is 22.4 Å². The minimum Gasteiger partial charge on any atom is -0.313 e. The zero-order valence-corrected chi connectivity index (χ0v) is 17.9. The predicted molar refractivity (Wildman–Crippen MR) is 112 cm³/mol. The highest BCUT2D eigenvalue weighted by Crippen LogP contribution is 2.51. The number of halogens is 4. The number of aryl methyl sites for hydroxylation is 1. The Kier molecular flexibility index (Phi) is 4.87. The number of nitrogens with zero attached hydrogens (tertiary/aromatic N) is 5. The summed E-state index contributed by atoms with van der Waals surface area (Å²) in [5.74, 6) is -5.10. The molecule has 2 aliphatic carbocycles. The molecular weight excluding hydrogens is 442 g/mol. The van der Waals surface area contributed by atoms with Crippen molar-refractivity contribution in [1.29, 1.82) is 0 Å². The highest BCUT2D eigenvalue weighted by molar-refractivity contribution is 5.94. The minimum atomic E-state index is -2.85. The van der Waals surface area contributed by atoms with Crippen LogP contribution in [0.15, 0.2) is 24.7 Å². The number of piperidine rings is 1. The van der Waals surface area contributed by atoms with Crippen LogP contribution in [0.25, 0.3) is 22.3 Å². The number of H-pyrrole nitrogens is 1. The van der Waals surface area contributed by atoms with Crippen LogP contribution in [0.1, 0.15) is 38.5 Å². The number of pyridine rings is 1. The molecule has 2 amide bonds. The van der Waals surface area contributed by atoms with Crippen LogP contribution in [0.5, 0.6) is 0 Å². The van der Waals surface area contributed by atoms with E-state index >= 15 is 0 Å². The highest BCUT2D eigenvalue weighted by atomic mass is 19.3. The molecule has 1 saturated heterocycles. The van der Waals surface area contributed by atoms with Gasteiger partial charge in [0.15, 0.2) is 0 Å². The number of fused-ring (bicyclic) bond motifs is 1. The third-order valence-corrected chi connectivity index (χ3v) is 6.39. The Bertz CT molecular complexity index is 1190. The van der Waals surface area contributed by atoms with E-state index in [1.165, 1.54) is 11.1 Å². The summed E-state index contributed by atoms with van der Waals surface area (Å²) in [6.45, 7) is -0.550. The summed E-state index contributed by atoms with van der Waals surface area (Å²) in [6.07, 6.45) is 6.82. The zero-order chi connectivity index (χ0) is 23.4. The van der Waals surface area contributed by atoms with Gasteiger partial charge in [-0.05, 0) is 25.3 Å². The molecule has 0 unspecified atom stereocenters. The van der Waals surface area contributed by atoms with Crippen molar-refractivity contribution in [2.45, 2.75) is 55.9 Å². The molecule has 0 bridgehead atoms. The standard InChI is InChI=1S/C18H19F2N7O.C3H4F2/c1-26-14-6-12(21-7-11(14)8-23-26)15-13(9-22-25-15)24-16(28)27-10-18(19,20)5-4-17(27)2-3-17;4-3(5)1-2-3/h6-9H,2-5,10H2,1H3,(H,22,25)(H,24,28);1-2H2. The number of urea groups is 1. The molecule has 1 aliphatic heterocycles. The molecule has 176 valence electrons. The van der Waals surface area contributed by atoms with Crippen LogP contribution in [-0.4, -0.2) is 59.8 Å². The Labute approximate surface area is 186 Å². The molecule has 6 rings (SSSR count). The summed E-state index contributed by atoms with van der Waals surface area (Å²) in [6, 6.07) is 1.31. The van der Waals surface area contributed by atoms with E-state index in [0.29, 0.717) is 23.5 Å². The van der Waals surface area contributed by atoms with E-state index < -0.39 is 30.0 Å². The fraction of sp³-hybridized carbons (Fsp3) is 0.524. The summed E-state index contributed by atoms with van der Waals surface area (Å²) in [7, 11) is 1.83. The maximum absolute atomic E-state index is 13.9. The van der Waals surface area contributed by atoms with Crippen molar-refractivity contribution in [3.63, 3.8) is 0 Å². The van der Waals surface area contributed by atoms with Gasteiger partial charge in [0, 0.05) is 43.4 Å². The van der Waals surface area contributed by atoms with E-state index in [0.717, 1.165) is 23.7 Å². The zero-order valence-electron chi connectivity index (χ0n) is 17.9. The topological polar surface area (TPSA) is 91.7 Å². The molecule has 8 nitrogen and oxygen atoms in total. The van der Waals surface area contributed by atoms with Crippen LogP contribution >= 0.6 is 0 Å². The molecule has 0 atom stereocenters. The smallest absolute Gasteiger partial charge is 0.313 e. The fourth-order valence-corrected chi connectivity index (χ4v) is 4.02. The average Bonchev–Trinajstić information content (AvgIpc) is 3.60. The van der Waals surface area contributed by atoms with E-state index in [1.807, 2.05) is 13.1 Å². The van der Waals surface area contributed by atoms with Gasteiger partial charge in [-0.1, -0.05) is 0 Å². The molecule has 4 heterocycles. The number of amides is 2. The van der Waals surface area contributed by atoms with Crippen molar-refractivity contribution in [1.82, 2.24) is 29.9 Å². The molecule has 3 aromatic rings. The van der Waals surface area contributed by atoms with Crippen LogP contribution < -0.4 is 5.32 Å². The minimum absolute atomic E-state index is 0.118. The van der Waals surface area contributed by atoms with Crippen LogP contribution in [0.3, 0.4) is 0 Å². The second-order valence-corrected chi connectivity index (χ2v) is 9.01. The summed E-state index contributed by atoms with van der Waals surface area (Å²) >= 11 is 0.